The van der Waals surface area contributed by atoms with Crippen LogP contribution in [0.1, 0.15) is 25.0 Å². The summed E-state index contributed by atoms with van der Waals surface area (Å²) in [7, 11) is 0. The highest BCUT2D eigenvalue weighted by Crippen LogP contribution is 2.28. The smallest absolute Gasteiger partial charge is 0.475 e. The van der Waals surface area contributed by atoms with Crippen molar-refractivity contribution in [1.82, 2.24) is 15.5 Å². The molecule has 1 aliphatic heterocycles. The largest absolute Gasteiger partial charge is 0.490 e. The lowest BCUT2D eigenvalue weighted by Gasteiger charge is -2.17. The highest BCUT2D eigenvalue weighted by Gasteiger charge is 2.38. The van der Waals surface area contributed by atoms with E-state index in [1.165, 1.54) is 0 Å². The molecule has 0 saturated heterocycles. The van der Waals surface area contributed by atoms with E-state index in [1.54, 1.807) is 36.4 Å². The average Bonchev–Trinajstić information content (AvgIpc) is 3.29. The summed E-state index contributed by atoms with van der Waals surface area (Å²) in [5, 5.41) is 17.2. The Morgan fingerprint density at radius 2 is 1.80 bits per heavy atom. The first-order valence-corrected chi connectivity index (χ1v) is 10.5. The molecule has 0 spiro atoms. The quantitative estimate of drug-likeness (QED) is 0.460. The first-order valence-electron chi connectivity index (χ1n) is 10.5. The van der Waals surface area contributed by atoms with Gasteiger partial charge in [-0.15, -0.1) is 0 Å². The van der Waals surface area contributed by atoms with Crippen molar-refractivity contribution in [3.63, 3.8) is 0 Å². The van der Waals surface area contributed by atoms with Gasteiger partial charge in [0.15, 0.2) is 0 Å². The molecule has 1 amide bonds. The third-order valence-corrected chi connectivity index (χ3v) is 5.01. The van der Waals surface area contributed by atoms with Gasteiger partial charge in [0.25, 0.3) is 5.89 Å². The van der Waals surface area contributed by atoms with Gasteiger partial charge in [0.2, 0.25) is 11.7 Å². The van der Waals surface area contributed by atoms with Crippen molar-refractivity contribution in [1.29, 1.82) is 0 Å². The number of carbonyl (C=O) groups excluding carboxylic acids is 1. The molecule has 186 valence electrons. The number of aromatic nitrogens is 2. The Bertz CT molecular complexity index is 1210. The number of rotatable bonds is 4. The van der Waals surface area contributed by atoms with Crippen LogP contribution in [0.25, 0.3) is 22.8 Å². The minimum Gasteiger partial charge on any atom is -0.475 e. The summed E-state index contributed by atoms with van der Waals surface area (Å²) in [5.41, 5.74) is 3.78. The van der Waals surface area contributed by atoms with Gasteiger partial charge in [-0.1, -0.05) is 19.0 Å². The number of nitrogens with zero attached hydrogens (tertiary/aromatic N) is 2. The molecule has 8 nitrogen and oxygen atoms in total. The average molecular weight is 494 g/mol. The topological polar surface area (TPSA) is 117 Å². The van der Waals surface area contributed by atoms with Crippen molar-refractivity contribution in [2.75, 3.05) is 11.9 Å². The molecule has 0 radical (unpaired) electrons. The molecule has 0 aliphatic carbocycles. The van der Waals surface area contributed by atoms with E-state index in [-0.39, 0.29) is 23.5 Å². The maximum atomic E-state index is 14.5. The van der Waals surface area contributed by atoms with E-state index in [0.717, 1.165) is 29.7 Å². The number of hydrogen-bond acceptors (Lipinski definition) is 6. The highest BCUT2D eigenvalue weighted by molar-refractivity contribution is 5.92. The summed E-state index contributed by atoms with van der Waals surface area (Å²) in [5.74, 6) is -2.74. The first kappa shape index (κ1) is 25.8. The molecule has 0 bridgehead atoms. The van der Waals surface area contributed by atoms with Gasteiger partial charge >= 0.3 is 12.1 Å². The number of carbonyl (C=O) groups is 2. The zero-order valence-electron chi connectivity index (χ0n) is 18.7. The van der Waals surface area contributed by atoms with Gasteiger partial charge in [0.1, 0.15) is 5.82 Å². The molecule has 35 heavy (non-hydrogen) atoms. The Morgan fingerprint density at radius 1 is 1.14 bits per heavy atom. The van der Waals surface area contributed by atoms with Crippen LogP contribution in [0.15, 0.2) is 40.9 Å². The van der Waals surface area contributed by atoms with Gasteiger partial charge in [-0.25, -0.2) is 9.18 Å². The second kappa shape index (κ2) is 10.6. The second-order valence-electron chi connectivity index (χ2n) is 7.97. The fourth-order valence-electron chi connectivity index (χ4n) is 3.11. The summed E-state index contributed by atoms with van der Waals surface area (Å²) < 4.78 is 51.6. The number of anilines is 1. The maximum absolute atomic E-state index is 14.5. The van der Waals surface area contributed by atoms with E-state index >= 15 is 0 Å². The van der Waals surface area contributed by atoms with E-state index in [2.05, 4.69) is 20.8 Å². The zero-order chi connectivity index (χ0) is 25.8. The SMILES string of the molecule is CC(C)C(=O)Nc1ccc(-c2noc(-c3cc4c(cc3F)CCNC4)n2)cc1.O=C(O)C(F)(F)F. The van der Waals surface area contributed by atoms with Gasteiger partial charge < -0.3 is 20.3 Å². The van der Waals surface area contributed by atoms with Crippen molar-refractivity contribution in [3.05, 3.63) is 53.3 Å². The van der Waals surface area contributed by atoms with Crippen LogP contribution < -0.4 is 10.6 Å². The van der Waals surface area contributed by atoms with Gasteiger partial charge in [0, 0.05) is 23.7 Å². The fourth-order valence-corrected chi connectivity index (χ4v) is 3.11. The number of fused-ring (bicyclic) bond motifs is 1. The van der Waals surface area contributed by atoms with E-state index in [0.29, 0.717) is 23.6 Å². The number of benzene rings is 2. The van der Waals surface area contributed by atoms with E-state index in [1.807, 2.05) is 13.8 Å². The monoisotopic (exact) mass is 494 g/mol. The molecule has 1 aliphatic rings. The number of hydrogen-bond donors (Lipinski definition) is 3. The third-order valence-electron chi connectivity index (χ3n) is 5.01. The molecule has 1 aromatic heterocycles. The second-order valence-corrected chi connectivity index (χ2v) is 7.97. The molecule has 2 aromatic carbocycles. The number of carboxylic acid groups (broad SMARTS) is 1. The lowest BCUT2D eigenvalue weighted by molar-refractivity contribution is -0.192. The standard InChI is InChI=1S/C21H21FN4O2.C2HF3O2/c1-12(2)20(27)24-16-5-3-13(4-6-16)19-25-21(28-26-19)17-9-15-11-23-8-7-14(15)10-18(17)22;3-2(4,5)1(6)7/h3-6,9-10,12,23H,7-8,11H2,1-2H3,(H,24,27);(H,6,7). The zero-order valence-corrected chi connectivity index (χ0v) is 18.7. The Labute approximate surface area is 197 Å². The number of carboxylic acids is 1. The summed E-state index contributed by atoms with van der Waals surface area (Å²) in [6.07, 6.45) is -4.28. The Kier molecular flexibility index (Phi) is 7.85. The highest BCUT2D eigenvalue weighted by atomic mass is 19.4. The number of amides is 1. The summed E-state index contributed by atoms with van der Waals surface area (Å²) in [4.78, 5) is 25.0. The molecule has 0 unspecified atom stereocenters. The van der Waals surface area contributed by atoms with Gasteiger partial charge in [0.05, 0.1) is 5.56 Å². The molecule has 0 saturated carbocycles. The van der Waals surface area contributed by atoms with Crippen molar-refractivity contribution in [2.24, 2.45) is 5.92 Å². The van der Waals surface area contributed by atoms with Crippen molar-refractivity contribution in [2.45, 2.75) is 33.0 Å². The molecule has 0 atom stereocenters. The summed E-state index contributed by atoms with van der Waals surface area (Å²) in [6, 6.07) is 10.5. The number of aliphatic carboxylic acids is 1. The van der Waals surface area contributed by atoms with E-state index in [9.17, 15) is 22.4 Å². The van der Waals surface area contributed by atoms with Crippen molar-refractivity contribution in [3.8, 4) is 22.8 Å². The summed E-state index contributed by atoms with van der Waals surface area (Å²) >= 11 is 0. The summed E-state index contributed by atoms with van der Waals surface area (Å²) in [6.45, 7) is 5.22. The van der Waals surface area contributed by atoms with Crippen LogP contribution in [-0.2, 0) is 22.6 Å². The minimum atomic E-state index is -5.08. The molecular weight excluding hydrogens is 472 g/mol. The minimum absolute atomic E-state index is 0.0491. The van der Waals surface area contributed by atoms with Gasteiger partial charge in [-0.2, -0.15) is 18.2 Å². The van der Waals surface area contributed by atoms with Crippen LogP contribution in [0.4, 0.5) is 23.2 Å². The van der Waals surface area contributed by atoms with Crippen molar-refractivity contribution < 1.29 is 36.8 Å². The third kappa shape index (κ3) is 6.63. The van der Waals surface area contributed by atoms with E-state index < -0.39 is 12.1 Å². The van der Waals surface area contributed by atoms with Gasteiger partial charge in [-0.05, 0) is 60.5 Å². The maximum Gasteiger partial charge on any atom is 0.490 e. The van der Waals surface area contributed by atoms with Crippen LogP contribution in [-0.4, -0.2) is 39.8 Å². The molecule has 3 N–H and O–H groups in total. The number of alkyl halides is 3. The predicted molar refractivity (Wildman–Crippen MR) is 118 cm³/mol. The lowest BCUT2D eigenvalue weighted by Crippen LogP contribution is -2.23. The number of nitrogens with one attached hydrogen (secondary N) is 2. The van der Waals surface area contributed by atoms with Crippen LogP contribution in [0.2, 0.25) is 0 Å². The molecule has 12 heteroatoms. The lowest BCUT2D eigenvalue weighted by atomic mass is 9.98. The van der Waals surface area contributed by atoms with Crippen LogP contribution >= 0.6 is 0 Å². The van der Waals surface area contributed by atoms with Gasteiger partial charge in [-0.3, -0.25) is 4.79 Å². The molecule has 3 aromatic rings. The molecule has 4 rings (SSSR count). The Hall–Kier alpha value is -3.80. The van der Waals surface area contributed by atoms with E-state index in [4.69, 9.17) is 14.4 Å². The normalized spacial score (nSPS) is 13.0. The van der Waals surface area contributed by atoms with Crippen LogP contribution in [0, 0.1) is 11.7 Å². The predicted octanol–water partition coefficient (Wildman–Crippen LogP) is 4.42. The fraction of sp³-hybridized carbons (Fsp3) is 0.304. The number of halogens is 4. The Balaban J connectivity index is 0.000000429. The van der Waals surface area contributed by atoms with Crippen molar-refractivity contribution >= 4 is 17.6 Å². The first-order chi connectivity index (χ1) is 16.5. The molecule has 2 heterocycles. The molecular formula is C23H22F4N4O4. The van der Waals surface area contributed by atoms with Crippen LogP contribution in [0.3, 0.4) is 0 Å². The molecule has 0 fully saturated rings. The van der Waals surface area contributed by atoms with Crippen LogP contribution in [0.5, 0.6) is 0 Å². The Morgan fingerprint density at radius 3 is 2.40 bits per heavy atom.